The van der Waals surface area contributed by atoms with Crippen molar-refractivity contribution in [2.24, 2.45) is 0 Å². The van der Waals surface area contributed by atoms with E-state index in [1.165, 1.54) is 5.56 Å². The van der Waals surface area contributed by atoms with Gasteiger partial charge >= 0.3 is 0 Å². The molecule has 1 atom stereocenters. The largest absolute Gasteiger partial charge is 0.468 e. The van der Waals surface area contributed by atoms with Gasteiger partial charge in [-0.3, -0.25) is 9.69 Å². The zero-order valence-corrected chi connectivity index (χ0v) is 22.7. The van der Waals surface area contributed by atoms with Crippen LogP contribution in [0.3, 0.4) is 0 Å². The lowest BCUT2D eigenvalue weighted by Crippen LogP contribution is -2.37. The van der Waals surface area contributed by atoms with Crippen LogP contribution in [0.2, 0.25) is 5.02 Å². The lowest BCUT2D eigenvalue weighted by atomic mass is 10.00. The molecule has 5 rings (SSSR count). The van der Waals surface area contributed by atoms with Crippen molar-refractivity contribution in [3.63, 3.8) is 0 Å². The number of hydrogen-bond acceptors (Lipinski definition) is 6. The number of pyridine rings is 1. The van der Waals surface area contributed by atoms with Crippen LogP contribution in [0.25, 0.3) is 10.9 Å². The number of tetrazole rings is 1. The van der Waals surface area contributed by atoms with Crippen molar-refractivity contribution in [1.29, 1.82) is 0 Å². The fourth-order valence-corrected chi connectivity index (χ4v) is 4.83. The minimum absolute atomic E-state index is 0.184. The average molecular weight is 531 g/mol. The smallest absolute Gasteiger partial charge is 0.253 e. The lowest BCUT2D eigenvalue weighted by molar-refractivity contribution is 0.171. The molecule has 196 valence electrons. The van der Waals surface area contributed by atoms with E-state index in [1.807, 2.05) is 75.4 Å². The number of aromatic nitrogens is 5. The van der Waals surface area contributed by atoms with Crippen molar-refractivity contribution >= 4 is 22.5 Å². The minimum atomic E-state index is -0.566. The number of halogens is 1. The monoisotopic (exact) mass is 530 g/mol. The molecule has 0 aliphatic rings. The number of rotatable bonds is 8. The molecular formula is C29H31ClN6O2. The summed E-state index contributed by atoms with van der Waals surface area (Å²) in [6.45, 7) is 9.18. The van der Waals surface area contributed by atoms with Crippen LogP contribution in [-0.4, -0.2) is 30.1 Å². The summed E-state index contributed by atoms with van der Waals surface area (Å²) >= 11 is 6.17. The van der Waals surface area contributed by atoms with E-state index >= 15 is 0 Å². The van der Waals surface area contributed by atoms with Crippen LogP contribution in [0.5, 0.6) is 0 Å². The average Bonchev–Trinajstić information content (AvgIpc) is 3.58. The van der Waals surface area contributed by atoms with Gasteiger partial charge in [0.05, 0.1) is 18.3 Å². The van der Waals surface area contributed by atoms with E-state index in [0.29, 0.717) is 29.5 Å². The molecule has 0 radical (unpaired) electrons. The zero-order valence-electron chi connectivity index (χ0n) is 22.0. The second-order valence-corrected chi connectivity index (χ2v) is 10.9. The highest BCUT2D eigenvalue weighted by Gasteiger charge is 2.34. The van der Waals surface area contributed by atoms with Crippen molar-refractivity contribution in [3.8, 4) is 0 Å². The Morgan fingerprint density at radius 2 is 1.82 bits per heavy atom. The number of aromatic amines is 1. The Hall–Kier alpha value is -3.75. The maximum atomic E-state index is 13.7. The molecule has 0 aliphatic heterocycles. The highest BCUT2D eigenvalue weighted by atomic mass is 35.5. The van der Waals surface area contributed by atoms with Crippen LogP contribution in [-0.2, 0) is 25.0 Å². The number of hydrogen-bond donors (Lipinski definition) is 1. The molecule has 0 aliphatic carbocycles. The minimum Gasteiger partial charge on any atom is -0.468 e. The first-order chi connectivity index (χ1) is 18.2. The summed E-state index contributed by atoms with van der Waals surface area (Å²) in [7, 11) is 0. The van der Waals surface area contributed by atoms with Gasteiger partial charge in [-0.05, 0) is 96.6 Å². The van der Waals surface area contributed by atoms with Crippen molar-refractivity contribution < 1.29 is 4.42 Å². The maximum Gasteiger partial charge on any atom is 0.253 e. The highest BCUT2D eigenvalue weighted by molar-refractivity contribution is 6.30. The number of fused-ring (bicyclic) bond motifs is 1. The van der Waals surface area contributed by atoms with E-state index in [2.05, 4.69) is 38.4 Å². The Morgan fingerprint density at radius 3 is 2.50 bits per heavy atom. The normalized spacial score (nSPS) is 12.9. The molecule has 0 amide bonds. The van der Waals surface area contributed by atoms with Gasteiger partial charge in [-0.1, -0.05) is 36.7 Å². The number of benzene rings is 2. The van der Waals surface area contributed by atoms with E-state index in [0.717, 1.165) is 28.6 Å². The second kappa shape index (κ2) is 10.6. The van der Waals surface area contributed by atoms with Crippen LogP contribution in [0.15, 0.2) is 76.1 Å². The summed E-state index contributed by atoms with van der Waals surface area (Å²) in [6.07, 6.45) is 2.55. The molecule has 5 aromatic rings. The van der Waals surface area contributed by atoms with Crippen molar-refractivity contribution in [1.82, 2.24) is 30.1 Å². The van der Waals surface area contributed by atoms with Crippen molar-refractivity contribution in [2.45, 2.75) is 58.8 Å². The molecule has 38 heavy (non-hydrogen) atoms. The van der Waals surface area contributed by atoms with Gasteiger partial charge in [-0.2, -0.15) is 0 Å². The molecule has 0 saturated heterocycles. The molecule has 0 unspecified atom stereocenters. The third kappa shape index (κ3) is 5.42. The molecule has 0 spiro atoms. The molecule has 1 N–H and O–H groups in total. The molecule has 0 fully saturated rings. The van der Waals surface area contributed by atoms with Gasteiger partial charge in [0, 0.05) is 22.6 Å². The van der Waals surface area contributed by atoms with E-state index in [4.69, 9.17) is 16.0 Å². The molecule has 8 nitrogen and oxygen atoms in total. The topological polar surface area (TPSA) is 92.8 Å². The molecule has 2 aromatic carbocycles. The summed E-state index contributed by atoms with van der Waals surface area (Å²) < 4.78 is 7.54. The van der Waals surface area contributed by atoms with Gasteiger partial charge in [-0.15, -0.1) is 5.10 Å². The fraction of sp³-hybridized carbons (Fsp3) is 0.310. The number of nitrogens with zero attached hydrogens (tertiary/aromatic N) is 5. The zero-order chi connectivity index (χ0) is 26.9. The van der Waals surface area contributed by atoms with E-state index in [1.54, 1.807) is 10.9 Å². The predicted molar refractivity (Wildman–Crippen MR) is 148 cm³/mol. The Bertz CT molecular complexity index is 1580. The van der Waals surface area contributed by atoms with Gasteiger partial charge in [0.2, 0.25) is 0 Å². The SMILES string of the molecule is CCc1ccc2[nH]c(=O)c([C@@H](c3nnnn3C(C)(C)C)N(Cc3ccc(Cl)cc3)Cc3ccco3)cc2c1. The fourth-order valence-electron chi connectivity index (χ4n) is 4.70. The maximum absolute atomic E-state index is 13.7. The van der Waals surface area contributed by atoms with E-state index in [9.17, 15) is 4.79 Å². The first-order valence-corrected chi connectivity index (χ1v) is 13.1. The third-order valence-electron chi connectivity index (χ3n) is 6.62. The molecule has 9 heteroatoms. The summed E-state index contributed by atoms with van der Waals surface area (Å²) in [6, 6.07) is 19.0. The van der Waals surface area contributed by atoms with Crippen LogP contribution in [0.1, 0.15) is 62.0 Å². The van der Waals surface area contributed by atoms with Crippen LogP contribution >= 0.6 is 11.6 Å². The first kappa shape index (κ1) is 25.9. The summed E-state index contributed by atoms with van der Waals surface area (Å²) in [5, 5.41) is 14.5. The molecule has 3 aromatic heterocycles. The third-order valence-corrected chi connectivity index (χ3v) is 6.87. The Balaban J connectivity index is 1.72. The van der Waals surface area contributed by atoms with Gasteiger partial charge in [-0.25, -0.2) is 4.68 Å². The Kier molecular flexibility index (Phi) is 7.19. The molecule has 0 saturated carbocycles. The van der Waals surface area contributed by atoms with Crippen molar-refractivity contribution in [2.75, 3.05) is 0 Å². The van der Waals surface area contributed by atoms with Gasteiger partial charge in [0.15, 0.2) is 5.82 Å². The first-order valence-electron chi connectivity index (χ1n) is 12.7. The standard InChI is InChI=1S/C29H31ClN6O2/c1-5-19-10-13-25-21(15-19)16-24(28(37)31-25)26(27-32-33-34-36(27)29(2,3)4)35(18-23-7-6-14-38-23)17-20-8-11-22(30)12-9-20/h6-16,26H,5,17-18H2,1-4H3,(H,31,37)/t26-/m0/s1. The number of nitrogens with one attached hydrogen (secondary N) is 1. The lowest BCUT2D eigenvalue weighted by Gasteiger charge is -2.32. The van der Waals surface area contributed by atoms with Crippen molar-refractivity contribution in [3.05, 3.63) is 111 Å². The number of aryl methyl sites for hydroxylation is 1. The van der Waals surface area contributed by atoms with Crippen LogP contribution in [0, 0.1) is 0 Å². The Labute approximate surface area is 226 Å². The van der Waals surface area contributed by atoms with E-state index in [-0.39, 0.29) is 5.56 Å². The molecule has 3 heterocycles. The number of furan rings is 1. The summed E-state index contributed by atoms with van der Waals surface area (Å²) in [5.74, 6) is 1.35. The van der Waals surface area contributed by atoms with Gasteiger partial charge in [0.25, 0.3) is 5.56 Å². The summed E-state index contributed by atoms with van der Waals surface area (Å²) in [4.78, 5) is 18.9. The van der Waals surface area contributed by atoms with Crippen LogP contribution in [0.4, 0.5) is 0 Å². The molecule has 0 bridgehead atoms. The van der Waals surface area contributed by atoms with E-state index < -0.39 is 11.6 Å². The second-order valence-electron chi connectivity index (χ2n) is 10.5. The van der Waals surface area contributed by atoms with Gasteiger partial charge in [0.1, 0.15) is 11.8 Å². The summed E-state index contributed by atoms with van der Waals surface area (Å²) in [5.41, 5.74) is 2.99. The van der Waals surface area contributed by atoms with Crippen LogP contribution < -0.4 is 5.56 Å². The van der Waals surface area contributed by atoms with Gasteiger partial charge < -0.3 is 9.40 Å². The quantitative estimate of drug-likeness (QED) is 0.270. The predicted octanol–water partition coefficient (Wildman–Crippen LogP) is 5.87. The number of H-pyrrole nitrogens is 1. The highest BCUT2D eigenvalue weighted by Crippen LogP contribution is 2.32. The Morgan fingerprint density at radius 1 is 1.05 bits per heavy atom. The molecular weight excluding hydrogens is 500 g/mol.